The first-order valence-corrected chi connectivity index (χ1v) is 6.92. The number of carbonyl (C=O) groups excluding carboxylic acids is 1. The molecule has 0 unspecified atom stereocenters. The van der Waals surface area contributed by atoms with Crippen molar-refractivity contribution in [2.45, 2.75) is 13.0 Å². The fourth-order valence-corrected chi connectivity index (χ4v) is 2.48. The number of hydrogen-bond acceptors (Lipinski definition) is 5. The Morgan fingerprint density at radius 3 is 2.81 bits per heavy atom. The van der Waals surface area contributed by atoms with Crippen molar-refractivity contribution in [3.05, 3.63) is 33.9 Å². The predicted octanol–water partition coefficient (Wildman–Crippen LogP) is 1.30. The second-order valence-electron chi connectivity index (χ2n) is 5.24. The number of benzene rings is 1. The van der Waals surface area contributed by atoms with E-state index < -0.39 is 4.92 Å². The van der Waals surface area contributed by atoms with Crippen LogP contribution in [0.1, 0.15) is 12.0 Å². The number of nitrogens with zero attached hydrogens (tertiary/aromatic N) is 3. The highest BCUT2D eigenvalue weighted by molar-refractivity contribution is 5.78. The molecule has 1 aliphatic heterocycles. The van der Waals surface area contributed by atoms with E-state index in [9.17, 15) is 14.9 Å². The maximum atomic E-state index is 11.9. The third kappa shape index (κ3) is 3.69. The predicted molar refractivity (Wildman–Crippen MR) is 80.2 cm³/mol. The number of nitrogens with one attached hydrogen (secondary N) is 1. The van der Waals surface area contributed by atoms with Crippen molar-refractivity contribution in [3.63, 3.8) is 0 Å². The SMILES string of the molecule is CNc1ccc(CN2CCCN(C)C(=O)C2)cc1[N+](=O)[O-]. The molecule has 1 N–H and O–H groups in total. The summed E-state index contributed by atoms with van der Waals surface area (Å²) >= 11 is 0. The van der Waals surface area contributed by atoms with Gasteiger partial charge < -0.3 is 10.2 Å². The molecule has 0 bridgehead atoms. The van der Waals surface area contributed by atoms with Crippen LogP contribution in [0.25, 0.3) is 0 Å². The van der Waals surface area contributed by atoms with Gasteiger partial charge in [-0.1, -0.05) is 6.07 Å². The van der Waals surface area contributed by atoms with Gasteiger partial charge in [0.15, 0.2) is 0 Å². The van der Waals surface area contributed by atoms with Crippen LogP contribution in [0.3, 0.4) is 0 Å². The number of rotatable bonds is 4. The molecule has 1 amide bonds. The third-order valence-corrected chi connectivity index (χ3v) is 3.69. The van der Waals surface area contributed by atoms with Crippen molar-refractivity contribution in [1.82, 2.24) is 9.80 Å². The second kappa shape index (κ2) is 6.53. The fourth-order valence-electron chi connectivity index (χ4n) is 2.48. The van der Waals surface area contributed by atoms with Gasteiger partial charge in [-0.05, 0) is 18.1 Å². The molecule has 1 aromatic rings. The van der Waals surface area contributed by atoms with Crippen molar-refractivity contribution in [3.8, 4) is 0 Å². The molecular weight excluding hydrogens is 272 g/mol. The summed E-state index contributed by atoms with van der Waals surface area (Å²) in [5.41, 5.74) is 1.40. The van der Waals surface area contributed by atoms with Gasteiger partial charge in [-0.15, -0.1) is 0 Å². The van der Waals surface area contributed by atoms with Gasteiger partial charge in [0.2, 0.25) is 5.91 Å². The lowest BCUT2D eigenvalue weighted by molar-refractivity contribution is -0.384. The number of anilines is 1. The summed E-state index contributed by atoms with van der Waals surface area (Å²) in [6.07, 6.45) is 0.916. The lowest BCUT2D eigenvalue weighted by Gasteiger charge is -2.19. The number of carbonyl (C=O) groups is 1. The first kappa shape index (κ1) is 15.2. The van der Waals surface area contributed by atoms with E-state index in [1.165, 1.54) is 0 Å². The summed E-state index contributed by atoms with van der Waals surface area (Å²) in [4.78, 5) is 26.3. The molecule has 114 valence electrons. The normalized spacial score (nSPS) is 16.7. The van der Waals surface area contributed by atoms with E-state index in [0.29, 0.717) is 18.8 Å². The van der Waals surface area contributed by atoms with E-state index >= 15 is 0 Å². The van der Waals surface area contributed by atoms with Gasteiger partial charge in [-0.2, -0.15) is 0 Å². The van der Waals surface area contributed by atoms with Crippen LogP contribution in [0, 0.1) is 10.1 Å². The highest BCUT2D eigenvalue weighted by Crippen LogP contribution is 2.25. The summed E-state index contributed by atoms with van der Waals surface area (Å²) in [5.74, 6) is 0.0915. The molecule has 1 fully saturated rings. The maximum Gasteiger partial charge on any atom is 0.292 e. The molecule has 0 spiro atoms. The summed E-state index contributed by atoms with van der Waals surface area (Å²) in [7, 11) is 3.46. The lowest BCUT2D eigenvalue weighted by Crippen LogP contribution is -2.34. The maximum absolute atomic E-state index is 11.9. The van der Waals surface area contributed by atoms with Crippen LogP contribution in [-0.2, 0) is 11.3 Å². The monoisotopic (exact) mass is 292 g/mol. The molecule has 0 radical (unpaired) electrons. The Hall–Kier alpha value is -2.15. The van der Waals surface area contributed by atoms with Crippen molar-refractivity contribution in [2.75, 3.05) is 39.0 Å². The standard InChI is InChI=1S/C14H20N4O3/c1-15-12-5-4-11(8-13(12)18(20)21)9-17-7-3-6-16(2)14(19)10-17/h4-5,8,15H,3,6-7,9-10H2,1-2H3. The number of hydrogen-bond donors (Lipinski definition) is 1. The zero-order valence-electron chi connectivity index (χ0n) is 12.3. The van der Waals surface area contributed by atoms with Crippen molar-refractivity contribution in [1.29, 1.82) is 0 Å². The minimum Gasteiger partial charge on any atom is -0.383 e. The minimum atomic E-state index is -0.392. The van der Waals surface area contributed by atoms with Gasteiger partial charge in [0.25, 0.3) is 5.69 Å². The van der Waals surface area contributed by atoms with Crippen LogP contribution < -0.4 is 5.32 Å². The second-order valence-corrected chi connectivity index (χ2v) is 5.24. The first-order valence-electron chi connectivity index (χ1n) is 6.92. The quantitative estimate of drug-likeness (QED) is 0.668. The Morgan fingerprint density at radius 1 is 1.38 bits per heavy atom. The van der Waals surface area contributed by atoms with Crippen LogP contribution in [0.4, 0.5) is 11.4 Å². The highest BCUT2D eigenvalue weighted by atomic mass is 16.6. The number of nitro groups is 1. The minimum absolute atomic E-state index is 0.0632. The van der Waals surface area contributed by atoms with Crippen LogP contribution in [-0.4, -0.2) is 54.4 Å². The van der Waals surface area contributed by atoms with E-state index in [1.54, 1.807) is 31.1 Å². The fraction of sp³-hybridized carbons (Fsp3) is 0.500. The van der Waals surface area contributed by atoms with Gasteiger partial charge in [-0.25, -0.2) is 0 Å². The van der Waals surface area contributed by atoms with Gasteiger partial charge in [0, 0.05) is 39.8 Å². The van der Waals surface area contributed by atoms with Crippen LogP contribution in [0.5, 0.6) is 0 Å². The summed E-state index contributed by atoms with van der Waals surface area (Å²) in [5, 5.41) is 13.9. The average molecular weight is 292 g/mol. The Labute approximate surface area is 123 Å². The lowest BCUT2D eigenvalue weighted by atomic mass is 10.1. The summed E-state index contributed by atoms with van der Waals surface area (Å²) in [6.45, 7) is 2.48. The molecule has 0 saturated carbocycles. The van der Waals surface area contributed by atoms with Crippen LogP contribution >= 0.6 is 0 Å². The molecule has 2 rings (SSSR count). The third-order valence-electron chi connectivity index (χ3n) is 3.69. The van der Waals surface area contributed by atoms with Crippen molar-refractivity contribution in [2.24, 2.45) is 0 Å². The summed E-state index contributed by atoms with van der Waals surface area (Å²) < 4.78 is 0. The molecule has 0 aromatic heterocycles. The Balaban J connectivity index is 2.14. The number of nitro benzene ring substituents is 1. The van der Waals surface area contributed by atoms with E-state index in [2.05, 4.69) is 5.32 Å². The Bertz CT molecular complexity index is 547. The highest BCUT2D eigenvalue weighted by Gasteiger charge is 2.20. The van der Waals surface area contributed by atoms with E-state index in [-0.39, 0.29) is 11.6 Å². The Morgan fingerprint density at radius 2 is 2.14 bits per heavy atom. The van der Waals surface area contributed by atoms with Crippen LogP contribution in [0.2, 0.25) is 0 Å². The molecule has 0 atom stereocenters. The topological polar surface area (TPSA) is 78.7 Å². The van der Waals surface area contributed by atoms with E-state index in [1.807, 2.05) is 11.0 Å². The molecule has 1 saturated heterocycles. The van der Waals surface area contributed by atoms with Gasteiger partial charge in [0.1, 0.15) is 5.69 Å². The molecule has 1 heterocycles. The smallest absolute Gasteiger partial charge is 0.292 e. The van der Waals surface area contributed by atoms with Crippen molar-refractivity contribution >= 4 is 17.3 Å². The first-order chi connectivity index (χ1) is 10.0. The van der Waals surface area contributed by atoms with E-state index in [4.69, 9.17) is 0 Å². The van der Waals surface area contributed by atoms with Gasteiger partial charge in [0.05, 0.1) is 11.5 Å². The van der Waals surface area contributed by atoms with Crippen LogP contribution in [0.15, 0.2) is 18.2 Å². The molecule has 21 heavy (non-hydrogen) atoms. The van der Waals surface area contributed by atoms with Gasteiger partial charge >= 0.3 is 0 Å². The number of amides is 1. The average Bonchev–Trinajstić information content (AvgIpc) is 2.61. The zero-order valence-corrected chi connectivity index (χ0v) is 12.3. The molecule has 7 heteroatoms. The molecule has 0 aliphatic carbocycles. The molecule has 1 aromatic carbocycles. The number of likely N-dealkylation sites (N-methyl/N-ethyl adjacent to an activating group) is 1. The van der Waals surface area contributed by atoms with Gasteiger partial charge in [-0.3, -0.25) is 19.8 Å². The summed E-state index contributed by atoms with van der Waals surface area (Å²) in [6, 6.07) is 5.14. The van der Waals surface area contributed by atoms with E-state index in [0.717, 1.165) is 25.1 Å². The Kier molecular flexibility index (Phi) is 4.74. The molecular formula is C14H20N4O3. The zero-order chi connectivity index (χ0) is 15.4. The molecule has 1 aliphatic rings. The molecule has 7 nitrogen and oxygen atoms in total. The largest absolute Gasteiger partial charge is 0.383 e. The van der Waals surface area contributed by atoms with Crippen molar-refractivity contribution < 1.29 is 9.72 Å².